The molecule has 0 aliphatic carbocycles. The third-order valence-corrected chi connectivity index (χ3v) is 3.85. The summed E-state index contributed by atoms with van der Waals surface area (Å²) in [6, 6.07) is 11.4. The Morgan fingerprint density at radius 3 is 2.71 bits per heavy atom. The molecule has 1 N–H and O–H groups in total. The molecule has 0 saturated carbocycles. The van der Waals surface area contributed by atoms with E-state index in [1.807, 2.05) is 37.3 Å². The van der Waals surface area contributed by atoms with Crippen molar-refractivity contribution in [3.05, 3.63) is 58.9 Å². The zero-order valence-electron chi connectivity index (χ0n) is 13.7. The second kappa shape index (κ2) is 6.80. The number of pyridine rings is 1. The number of carbonyl (C=O) groups is 1. The fourth-order valence-electron chi connectivity index (χ4n) is 2.73. The predicted molar refractivity (Wildman–Crippen MR) is 89.5 cm³/mol. The molecule has 0 saturated heterocycles. The van der Waals surface area contributed by atoms with Gasteiger partial charge in [-0.15, -0.1) is 0 Å². The molecule has 2 heterocycles. The molecule has 6 nitrogen and oxygen atoms in total. The van der Waals surface area contributed by atoms with Crippen LogP contribution in [0.3, 0.4) is 0 Å². The van der Waals surface area contributed by atoms with Crippen LogP contribution in [0.2, 0.25) is 0 Å². The van der Waals surface area contributed by atoms with Crippen LogP contribution >= 0.6 is 0 Å². The van der Waals surface area contributed by atoms with Crippen molar-refractivity contribution in [3.63, 3.8) is 0 Å². The summed E-state index contributed by atoms with van der Waals surface area (Å²) in [7, 11) is 0. The number of aliphatic hydroxyl groups excluding tert-OH is 1. The minimum Gasteiger partial charge on any atom is -0.395 e. The predicted octanol–water partition coefficient (Wildman–Crippen LogP) is 2.47. The van der Waals surface area contributed by atoms with Crippen LogP contribution in [0.5, 0.6) is 0 Å². The van der Waals surface area contributed by atoms with Gasteiger partial charge in [-0.25, -0.2) is 4.98 Å². The maximum atomic E-state index is 13.1. The number of aryl methyl sites for hydroxylation is 2. The van der Waals surface area contributed by atoms with Crippen molar-refractivity contribution in [1.29, 1.82) is 0 Å². The van der Waals surface area contributed by atoms with Gasteiger partial charge >= 0.3 is 0 Å². The van der Waals surface area contributed by atoms with Crippen molar-refractivity contribution in [2.24, 2.45) is 0 Å². The summed E-state index contributed by atoms with van der Waals surface area (Å²) in [5.41, 5.74) is 3.18. The number of aliphatic hydroxyl groups is 1. The lowest BCUT2D eigenvalue weighted by atomic mass is 10.1. The highest BCUT2D eigenvalue weighted by molar-refractivity contribution is 6.06. The summed E-state index contributed by atoms with van der Waals surface area (Å²) in [5.74, 6) is -0.172. The molecule has 2 aromatic heterocycles. The molecule has 0 aliphatic rings. The van der Waals surface area contributed by atoms with Gasteiger partial charge in [0.25, 0.3) is 11.6 Å². The van der Waals surface area contributed by atoms with E-state index in [1.54, 1.807) is 17.9 Å². The fraction of sp³-hybridized carbons (Fsp3) is 0.278. The molecule has 1 amide bonds. The molecule has 3 rings (SSSR count). The van der Waals surface area contributed by atoms with Crippen LogP contribution in [0.4, 0.5) is 0 Å². The lowest BCUT2D eigenvalue weighted by Gasteiger charge is -2.22. The molecule has 6 heteroatoms. The van der Waals surface area contributed by atoms with Gasteiger partial charge in [0.05, 0.1) is 23.3 Å². The van der Waals surface area contributed by atoms with E-state index in [2.05, 4.69) is 10.1 Å². The van der Waals surface area contributed by atoms with Crippen molar-refractivity contribution in [2.45, 2.75) is 20.4 Å². The Morgan fingerprint density at radius 2 is 2.00 bits per heavy atom. The summed E-state index contributed by atoms with van der Waals surface area (Å²) in [4.78, 5) is 19.0. The topological polar surface area (TPSA) is 79.5 Å². The number of rotatable bonds is 5. The van der Waals surface area contributed by atoms with Crippen LogP contribution in [0, 0.1) is 13.8 Å². The van der Waals surface area contributed by atoms with Crippen LogP contribution < -0.4 is 0 Å². The average Bonchev–Trinajstić information content (AvgIpc) is 2.95. The van der Waals surface area contributed by atoms with Gasteiger partial charge in [0.2, 0.25) is 0 Å². The number of hydrogen-bond donors (Lipinski definition) is 1. The van der Waals surface area contributed by atoms with E-state index < -0.39 is 0 Å². The first-order valence-electron chi connectivity index (χ1n) is 7.78. The molecule has 0 bridgehead atoms. The first-order chi connectivity index (χ1) is 11.6. The summed E-state index contributed by atoms with van der Waals surface area (Å²) in [5, 5.41) is 13.9. The van der Waals surface area contributed by atoms with E-state index in [-0.39, 0.29) is 19.1 Å². The molecular weight excluding hydrogens is 306 g/mol. The number of amides is 1. The van der Waals surface area contributed by atoms with Gasteiger partial charge in [-0.2, -0.15) is 0 Å². The minimum absolute atomic E-state index is 0.103. The number of nitrogens with zero attached hydrogens (tertiary/aromatic N) is 3. The molecule has 0 unspecified atom stereocenters. The number of carbonyl (C=O) groups excluding carboxylic acids is 1. The SMILES string of the molecule is Cc1cc(C(=O)N(CCO)Cc2ccccc2)c2c(C)noc2n1. The molecule has 0 spiro atoms. The van der Waals surface area contributed by atoms with Crippen LogP contribution in [0.25, 0.3) is 11.1 Å². The fourth-order valence-corrected chi connectivity index (χ4v) is 2.73. The number of fused-ring (bicyclic) bond motifs is 1. The smallest absolute Gasteiger partial charge is 0.258 e. The van der Waals surface area contributed by atoms with Crippen molar-refractivity contribution in [1.82, 2.24) is 15.0 Å². The van der Waals surface area contributed by atoms with Gasteiger partial charge in [0, 0.05) is 18.8 Å². The molecule has 0 radical (unpaired) electrons. The van der Waals surface area contributed by atoms with Crippen LogP contribution in [-0.2, 0) is 6.54 Å². The van der Waals surface area contributed by atoms with Crippen molar-refractivity contribution in [2.75, 3.05) is 13.2 Å². The quantitative estimate of drug-likeness (QED) is 0.779. The Balaban J connectivity index is 2.00. The van der Waals surface area contributed by atoms with E-state index in [4.69, 9.17) is 4.52 Å². The number of aromatic nitrogens is 2. The minimum atomic E-state index is -0.172. The zero-order chi connectivity index (χ0) is 17.1. The second-order valence-electron chi connectivity index (χ2n) is 5.70. The van der Waals surface area contributed by atoms with E-state index >= 15 is 0 Å². The molecular formula is C18H19N3O3. The maximum absolute atomic E-state index is 13.1. The van der Waals surface area contributed by atoms with Gasteiger partial charge in [-0.3, -0.25) is 4.79 Å². The van der Waals surface area contributed by atoms with E-state index in [0.717, 1.165) is 5.56 Å². The highest BCUT2D eigenvalue weighted by Gasteiger charge is 2.22. The largest absolute Gasteiger partial charge is 0.395 e. The van der Waals surface area contributed by atoms with Crippen molar-refractivity contribution < 1.29 is 14.4 Å². The third-order valence-electron chi connectivity index (χ3n) is 3.85. The van der Waals surface area contributed by atoms with Crippen LogP contribution in [0.1, 0.15) is 27.3 Å². The zero-order valence-corrected chi connectivity index (χ0v) is 13.7. The Hall–Kier alpha value is -2.73. The standard InChI is InChI=1S/C18H19N3O3/c1-12-10-15(16-13(2)20-24-17(16)19-12)18(23)21(8-9-22)11-14-6-4-3-5-7-14/h3-7,10,22H,8-9,11H2,1-2H3. The summed E-state index contributed by atoms with van der Waals surface area (Å²) < 4.78 is 5.20. The van der Waals surface area contributed by atoms with Gasteiger partial charge in [0.1, 0.15) is 0 Å². The maximum Gasteiger partial charge on any atom is 0.258 e. The third kappa shape index (κ3) is 3.14. The lowest BCUT2D eigenvalue weighted by molar-refractivity contribution is 0.0709. The first-order valence-corrected chi connectivity index (χ1v) is 7.78. The van der Waals surface area contributed by atoms with Crippen molar-refractivity contribution >= 4 is 17.0 Å². The van der Waals surface area contributed by atoms with Gasteiger partial charge in [-0.1, -0.05) is 35.5 Å². The van der Waals surface area contributed by atoms with Crippen LogP contribution in [0.15, 0.2) is 40.9 Å². The average molecular weight is 325 g/mol. The Kier molecular flexibility index (Phi) is 4.57. The number of hydrogen-bond acceptors (Lipinski definition) is 5. The molecule has 0 fully saturated rings. The number of benzene rings is 1. The van der Waals surface area contributed by atoms with E-state index in [1.165, 1.54) is 0 Å². The van der Waals surface area contributed by atoms with Crippen molar-refractivity contribution in [3.8, 4) is 0 Å². The monoisotopic (exact) mass is 325 g/mol. The Labute approximate surface area is 139 Å². The summed E-state index contributed by atoms with van der Waals surface area (Å²) in [6.45, 7) is 4.16. The normalized spacial score (nSPS) is 11.0. The molecule has 124 valence electrons. The molecule has 1 aromatic carbocycles. The lowest BCUT2D eigenvalue weighted by Crippen LogP contribution is -2.33. The Bertz CT molecular complexity index is 859. The second-order valence-corrected chi connectivity index (χ2v) is 5.70. The van der Waals surface area contributed by atoms with Gasteiger partial charge in [-0.05, 0) is 25.5 Å². The molecule has 0 atom stereocenters. The Morgan fingerprint density at radius 1 is 1.25 bits per heavy atom. The molecule has 24 heavy (non-hydrogen) atoms. The highest BCUT2D eigenvalue weighted by Crippen LogP contribution is 2.23. The summed E-state index contributed by atoms with van der Waals surface area (Å²) in [6.07, 6.45) is 0. The van der Waals surface area contributed by atoms with Crippen LogP contribution in [-0.4, -0.2) is 39.2 Å². The molecule has 3 aromatic rings. The van der Waals surface area contributed by atoms with E-state index in [9.17, 15) is 9.90 Å². The van der Waals surface area contributed by atoms with Gasteiger partial charge < -0.3 is 14.5 Å². The molecule has 0 aliphatic heterocycles. The summed E-state index contributed by atoms with van der Waals surface area (Å²) >= 11 is 0. The first kappa shape index (κ1) is 16.1. The van der Waals surface area contributed by atoms with Gasteiger partial charge in [0.15, 0.2) is 0 Å². The van der Waals surface area contributed by atoms with E-state index in [0.29, 0.717) is 34.6 Å². The highest BCUT2D eigenvalue weighted by atomic mass is 16.5.